The molecule has 1 atom stereocenters. The first-order chi connectivity index (χ1) is 19.4. The second-order valence-electron chi connectivity index (χ2n) is 10.2. The van der Waals surface area contributed by atoms with Crippen LogP contribution in [0, 0.1) is 13.8 Å². The molecule has 4 aromatic rings. The number of phenolic OH excluding ortho intramolecular Hbond substituents is 1. The monoisotopic (exact) mass is 537 g/mol. The lowest BCUT2D eigenvalue weighted by molar-refractivity contribution is 0.179. The Morgan fingerprint density at radius 3 is 2.65 bits per heavy atom. The third kappa shape index (κ3) is 6.04. The molecule has 0 aliphatic carbocycles. The molecule has 0 bridgehead atoms. The fraction of sp³-hybridized carbons (Fsp3) is 0.273. The number of ether oxygens (including phenoxy) is 2. The standard InChI is InChI=1S/C33H35N3O4/c1-22-10-11-28(23(2)17-22)32-29-20-31(40-16-13-24-7-6-9-27(37)18-24)30(39-3)19-25(29)12-15-36(32)33(38)35-21-26-8-4-5-14-34-26/h4-11,14,17-20,32,37H,12-13,15-16,21H2,1-3H3,(H,35,38). The highest BCUT2D eigenvalue weighted by molar-refractivity contribution is 5.76. The maximum absolute atomic E-state index is 13.6. The van der Waals surface area contributed by atoms with Crippen molar-refractivity contribution >= 4 is 6.03 Å². The summed E-state index contributed by atoms with van der Waals surface area (Å²) in [6, 6.07) is 22.9. The van der Waals surface area contributed by atoms with Gasteiger partial charge in [0.05, 0.1) is 32.0 Å². The number of urea groups is 1. The van der Waals surface area contributed by atoms with Crippen LogP contribution in [0.1, 0.15) is 45.1 Å². The summed E-state index contributed by atoms with van der Waals surface area (Å²) < 4.78 is 11.9. The lowest BCUT2D eigenvalue weighted by atomic mass is 9.85. The topological polar surface area (TPSA) is 83.9 Å². The molecule has 3 aromatic carbocycles. The maximum Gasteiger partial charge on any atom is 0.318 e. The number of aryl methyl sites for hydroxylation is 2. The van der Waals surface area contributed by atoms with E-state index in [2.05, 4.69) is 42.3 Å². The third-order valence-corrected chi connectivity index (χ3v) is 7.34. The number of hydrogen-bond acceptors (Lipinski definition) is 5. The SMILES string of the molecule is COc1cc2c(cc1OCCc1cccc(O)c1)C(c1ccc(C)cc1C)N(C(=O)NCc1ccccn1)CC2. The van der Waals surface area contributed by atoms with Crippen molar-refractivity contribution in [1.29, 1.82) is 0 Å². The molecule has 5 rings (SSSR count). The van der Waals surface area contributed by atoms with Crippen molar-refractivity contribution in [1.82, 2.24) is 15.2 Å². The molecule has 0 radical (unpaired) electrons. The molecule has 1 aliphatic heterocycles. The summed E-state index contributed by atoms with van der Waals surface area (Å²) >= 11 is 0. The van der Waals surface area contributed by atoms with E-state index in [9.17, 15) is 9.90 Å². The first-order valence-corrected chi connectivity index (χ1v) is 13.6. The number of rotatable bonds is 8. The van der Waals surface area contributed by atoms with E-state index >= 15 is 0 Å². The van der Waals surface area contributed by atoms with Gasteiger partial charge in [0.25, 0.3) is 0 Å². The maximum atomic E-state index is 13.6. The number of pyridine rings is 1. The molecule has 1 aromatic heterocycles. The summed E-state index contributed by atoms with van der Waals surface area (Å²) in [4.78, 5) is 19.9. The van der Waals surface area contributed by atoms with Gasteiger partial charge >= 0.3 is 6.03 Å². The van der Waals surface area contributed by atoms with Gasteiger partial charge in [-0.2, -0.15) is 0 Å². The van der Waals surface area contributed by atoms with Crippen LogP contribution in [0.2, 0.25) is 0 Å². The number of nitrogens with one attached hydrogen (secondary N) is 1. The van der Waals surface area contributed by atoms with Crippen LogP contribution < -0.4 is 14.8 Å². The zero-order valence-corrected chi connectivity index (χ0v) is 23.2. The number of aromatic nitrogens is 1. The molecule has 2 amide bonds. The Kier molecular flexibility index (Phi) is 8.20. The second kappa shape index (κ2) is 12.1. The lowest BCUT2D eigenvalue weighted by Gasteiger charge is -2.39. The van der Waals surface area contributed by atoms with Crippen molar-refractivity contribution in [3.8, 4) is 17.2 Å². The van der Waals surface area contributed by atoms with Crippen LogP contribution in [0.15, 0.2) is 79.0 Å². The molecule has 206 valence electrons. The summed E-state index contributed by atoms with van der Waals surface area (Å²) in [5.74, 6) is 1.54. The number of amides is 2. The fourth-order valence-corrected chi connectivity index (χ4v) is 5.35. The summed E-state index contributed by atoms with van der Waals surface area (Å²) in [5, 5.41) is 12.9. The fourth-order valence-electron chi connectivity index (χ4n) is 5.35. The van der Waals surface area contributed by atoms with Crippen LogP contribution in [0.25, 0.3) is 0 Å². The Labute approximate surface area is 235 Å². The molecule has 0 saturated carbocycles. The van der Waals surface area contributed by atoms with E-state index < -0.39 is 0 Å². The summed E-state index contributed by atoms with van der Waals surface area (Å²) in [6.07, 6.45) is 3.07. The highest BCUT2D eigenvalue weighted by Gasteiger charge is 2.34. The second-order valence-corrected chi connectivity index (χ2v) is 10.2. The Bertz CT molecular complexity index is 1490. The smallest absolute Gasteiger partial charge is 0.318 e. The number of benzene rings is 3. The van der Waals surface area contributed by atoms with Gasteiger partial charge < -0.3 is 24.8 Å². The van der Waals surface area contributed by atoms with Crippen molar-refractivity contribution in [3.05, 3.63) is 118 Å². The highest BCUT2D eigenvalue weighted by Crippen LogP contribution is 2.42. The van der Waals surface area contributed by atoms with E-state index in [4.69, 9.17) is 9.47 Å². The molecule has 40 heavy (non-hydrogen) atoms. The van der Waals surface area contributed by atoms with Gasteiger partial charge in [0, 0.05) is 19.2 Å². The molecule has 7 heteroatoms. The minimum Gasteiger partial charge on any atom is -0.508 e. The average Bonchev–Trinajstić information content (AvgIpc) is 2.96. The van der Waals surface area contributed by atoms with Crippen LogP contribution in [-0.4, -0.2) is 41.3 Å². The van der Waals surface area contributed by atoms with Crippen LogP contribution in [-0.2, 0) is 19.4 Å². The van der Waals surface area contributed by atoms with Gasteiger partial charge in [0.2, 0.25) is 0 Å². The molecule has 7 nitrogen and oxygen atoms in total. The average molecular weight is 538 g/mol. The quantitative estimate of drug-likeness (QED) is 0.293. The van der Waals surface area contributed by atoms with Crippen LogP contribution in [0.3, 0.4) is 0 Å². The normalized spacial score (nSPS) is 14.4. The molecule has 0 spiro atoms. The van der Waals surface area contributed by atoms with Gasteiger partial charge in [-0.3, -0.25) is 4.98 Å². The van der Waals surface area contributed by atoms with E-state index in [1.165, 1.54) is 5.56 Å². The first kappa shape index (κ1) is 27.1. The molecular weight excluding hydrogens is 502 g/mol. The first-order valence-electron chi connectivity index (χ1n) is 13.6. The zero-order chi connectivity index (χ0) is 28.1. The summed E-state index contributed by atoms with van der Waals surface area (Å²) in [5.41, 5.74) is 7.34. The van der Waals surface area contributed by atoms with E-state index in [0.717, 1.165) is 33.5 Å². The molecule has 1 aliphatic rings. The number of phenols is 1. The minimum atomic E-state index is -0.285. The van der Waals surface area contributed by atoms with Gasteiger partial charge in [0.15, 0.2) is 11.5 Å². The van der Waals surface area contributed by atoms with Crippen molar-refractivity contribution in [3.63, 3.8) is 0 Å². The third-order valence-electron chi connectivity index (χ3n) is 7.34. The molecule has 1 unspecified atom stereocenters. The number of carbonyl (C=O) groups is 1. The Balaban J connectivity index is 1.46. The zero-order valence-electron chi connectivity index (χ0n) is 23.2. The predicted molar refractivity (Wildman–Crippen MR) is 155 cm³/mol. The molecule has 0 saturated heterocycles. The van der Waals surface area contributed by atoms with Crippen LogP contribution in [0.5, 0.6) is 17.2 Å². The molecule has 2 N–H and O–H groups in total. The van der Waals surface area contributed by atoms with Gasteiger partial charge in [-0.05, 0) is 84.5 Å². The van der Waals surface area contributed by atoms with Crippen molar-refractivity contribution in [2.24, 2.45) is 0 Å². The van der Waals surface area contributed by atoms with E-state index in [0.29, 0.717) is 44.0 Å². The molecule has 2 heterocycles. The summed E-state index contributed by atoms with van der Waals surface area (Å²) in [7, 11) is 1.64. The van der Waals surface area contributed by atoms with Crippen molar-refractivity contribution in [2.75, 3.05) is 20.3 Å². The van der Waals surface area contributed by atoms with Gasteiger partial charge in [-0.15, -0.1) is 0 Å². The van der Waals surface area contributed by atoms with Crippen LogP contribution in [0.4, 0.5) is 4.79 Å². The largest absolute Gasteiger partial charge is 0.508 e. The Morgan fingerprint density at radius 2 is 1.90 bits per heavy atom. The minimum absolute atomic E-state index is 0.136. The molecular formula is C33H35N3O4. The Hall–Kier alpha value is -4.52. The van der Waals surface area contributed by atoms with Crippen molar-refractivity contribution in [2.45, 2.75) is 39.3 Å². The van der Waals surface area contributed by atoms with Crippen LogP contribution >= 0.6 is 0 Å². The number of methoxy groups -OCH3 is 1. The lowest BCUT2D eigenvalue weighted by Crippen LogP contribution is -2.46. The van der Waals surface area contributed by atoms with Gasteiger partial charge in [-0.1, -0.05) is 42.0 Å². The number of nitrogens with zero attached hydrogens (tertiary/aromatic N) is 2. The molecule has 0 fully saturated rings. The van der Waals surface area contributed by atoms with Gasteiger partial charge in [-0.25, -0.2) is 4.79 Å². The van der Waals surface area contributed by atoms with E-state index in [1.54, 1.807) is 25.4 Å². The number of hydrogen-bond donors (Lipinski definition) is 2. The Morgan fingerprint density at radius 1 is 1.02 bits per heavy atom. The number of aromatic hydroxyl groups is 1. The van der Waals surface area contributed by atoms with E-state index in [1.807, 2.05) is 47.4 Å². The highest BCUT2D eigenvalue weighted by atomic mass is 16.5. The summed E-state index contributed by atoms with van der Waals surface area (Å²) in [6.45, 7) is 5.51. The van der Waals surface area contributed by atoms with Gasteiger partial charge in [0.1, 0.15) is 5.75 Å². The van der Waals surface area contributed by atoms with E-state index in [-0.39, 0.29) is 17.8 Å². The van der Waals surface area contributed by atoms with Crippen molar-refractivity contribution < 1.29 is 19.4 Å². The predicted octanol–water partition coefficient (Wildman–Crippen LogP) is 5.89. The number of carbonyl (C=O) groups excluding carboxylic acids is 1. The number of fused-ring (bicyclic) bond motifs is 1.